The Morgan fingerprint density at radius 2 is 2.06 bits per heavy atom. The first-order chi connectivity index (χ1) is 8.63. The molecule has 0 amide bonds. The lowest BCUT2D eigenvalue weighted by Crippen LogP contribution is -2.44. The molecule has 1 aromatic rings. The van der Waals surface area contributed by atoms with Crippen LogP contribution in [-0.2, 0) is 11.3 Å². The molecule has 1 N–H and O–H groups in total. The first-order valence-corrected chi connectivity index (χ1v) is 6.85. The molecule has 0 aliphatic carbocycles. The quantitative estimate of drug-likeness (QED) is 0.921. The van der Waals surface area contributed by atoms with Gasteiger partial charge in [0.2, 0.25) is 0 Å². The molecule has 5 heteroatoms. The van der Waals surface area contributed by atoms with Crippen LogP contribution in [-0.4, -0.2) is 44.3 Å². The van der Waals surface area contributed by atoms with Gasteiger partial charge in [-0.15, -0.1) is 0 Å². The van der Waals surface area contributed by atoms with Gasteiger partial charge in [0.25, 0.3) is 0 Å². The van der Waals surface area contributed by atoms with Gasteiger partial charge in [-0.2, -0.15) is 0 Å². The van der Waals surface area contributed by atoms with E-state index >= 15 is 0 Å². The zero-order valence-electron chi connectivity index (χ0n) is 10.5. The molecule has 1 fully saturated rings. The summed E-state index contributed by atoms with van der Waals surface area (Å²) in [6, 6.07) is 5.59. The van der Waals surface area contributed by atoms with Crippen LogP contribution in [0.2, 0.25) is 10.0 Å². The Labute approximate surface area is 118 Å². The van der Waals surface area contributed by atoms with Gasteiger partial charge in [0.1, 0.15) is 0 Å². The molecule has 1 aliphatic heterocycles. The molecule has 0 spiro atoms. The fourth-order valence-corrected chi connectivity index (χ4v) is 2.65. The van der Waals surface area contributed by atoms with Gasteiger partial charge in [-0.25, -0.2) is 0 Å². The first kappa shape index (κ1) is 14.1. The van der Waals surface area contributed by atoms with Crippen LogP contribution in [0.15, 0.2) is 18.2 Å². The Bertz CT molecular complexity index is 380. The van der Waals surface area contributed by atoms with Crippen molar-refractivity contribution < 1.29 is 4.74 Å². The van der Waals surface area contributed by atoms with E-state index in [9.17, 15) is 0 Å². The highest BCUT2D eigenvalue weighted by molar-refractivity contribution is 6.34. The second kappa shape index (κ2) is 6.73. The number of ether oxygens (including phenoxy) is 1. The maximum atomic E-state index is 5.95. The van der Waals surface area contributed by atoms with Crippen LogP contribution in [0.3, 0.4) is 0 Å². The number of halogens is 2. The van der Waals surface area contributed by atoms with E-state index in [1.54, 1.807) is 6.07 Å². The molecule has 0 saturated carbocycles. The van der Waals surface area contributed by atoms with Crippen molar-refractivity contribution in [1.82, 2.24) is 10.2 Å². The molecule has 2 rings (SSSR count). The van der Waals surface area contributed by atoms with E-state index in [-0.39, 0.29) is 6.10 Å². The molecular weight excluding hydrogens is 271 g/mol. The van der Waals surface area contributed by atoms with Gasteiger partial charge < -0.3 is 15.0 Å². The standard InChI is InChI=1S/C13H18Cl2N2O/c1-17-2-3-18-13(9-17)8-16-7-10-4-11(14)6-12(15)5-10/h4-6,13,16H,2-3,7-9H2,1H3. The highest BCUT2D eigenvalue weighted by Gasteiger charge is 2.16. The van der Waals surface area contributed by atoms with Crippen molar-refractivity contribution in [3.63, 3.8) is 0 Å². The maximum absolute atomic E-state index is 5.95. The summed E-state index contributed by atoms with van der Waals surface area (Å²) < 4.78 is 5.68. The Kier molecular flexibility index (Phi) is 5.27. The Balaban J connectivity index is 1.77. The van der Waals surface area contributed by atoms with Crippen molar-refractivity contribution in [2.45, 2.75) is 12.6 Å². The van der Waals surface area contributed by atoms with Gasteiger partial charge in [-0.05, 0) is 30.8 Å². The number of nitrogens with one attached hydrogen (secondary N) is 1. The molecule has 1 heterocycles. The van der Waals surface area contributed by atoms with E-state index in [1.807, 2.05) is 12.1 Å². The minimum Gasteiger partial charge on any atom is -0.374 e. The molecule has 3 nitrogen and oxygen atoms in total. The summed E-state index contributed by atoms with van der Waals surface area (Å²) >= 11 is 11.9. The van der Waals surface area contributed by atoms with E-state index in [0.29, 0.717) is 10.0 Å². The van der Waals surface area contributed by atoms with Gasteiger partial charge in [0.15, 0.2) is 0 Å². The minimum absolute atomic E-state index is 0.262. The molecular formula is C13H18Cl2N2O. The van der Waals surface area contributed by atoms with Crippen LogP contribution in [0.1, 0.15) is 5.56 Å². The normalized spacial score (nSPS) is 21.2. The van der Waals surface area contributed by atoms with Crippen molar-refractivity contribution in [2.75, 3.05) is 33.3 Å². The molecule has 1 aromatic carbocycles. The molecule has 0 bridgehead atoms. The Morgan fingerprint density at radius 3 is 2.72 bits per heavy atom. The fraction of sp³-hybridized carbons (Fsp3) is 0.538. The van der Waals surface area contributed by atoms with Crippen LogP contribution < -0.4 is 5.32 Å². The van der Waals surface area contributed by atoms with E-state index < -0.39 is 0 Å². The molecule has 0 aromatic heterocycles. The molecule has 18 heavy (non-hydrogen) atoms. The maximum Gasteiger partial charge on any atom is 0.0826 e. The molecule has 1 saturated heterocycles. The fourth-order valence-electron chi connectivity index (χ4n) is 2.08. The number of nitrogens with zero attached hydrogens (tertiary/aromatic N) is 1. The highest BCUT2D eigenvalue weighted by atomic mass is 35.5. The molecule has 1 unspecified atom stereocenters. The average molecular weight is 289 g/mol. The lowest BCUT2D eigenvalue weighted by molar-refractivity contribution is -0.0182. The van der Waals surface area contributed by atoms with E-state index in [2.05, 4.69) is 17.3 Å². The Hall–Kier alpha value is -0.320. The number of hydrogen-bond donors (Lipinski definition) is 1. The topological polar surface area (TPSA) is 24.5 Å². The third-order valence-corrected chi connectivity index (χ3v) is 3.40. The third-order valence-electron chi connectivity index (χ3n) is 2.97. The summed E-state index contributed by atoms with van der Waals surface area (Å²) in [5, 5.41) is 4.73. The monoisotopic (exact) mass is 288 g/mol. The second-order valence-electron chi connectivity index (χ2n) is 4.66. The number of likely N-dealkylation sites (N-methyl/N-ethyl adjacent to an activating group) is 1. The van der Waals surface area contributed by atoms with Gasteiger partial charge in [-0.1, -0.05) is 23.2 Å². The van der Waals surface area contributed by atoms with E-state index in [4.69, 9.17) is 27.9 Å². The molecule has 1 aliphatic rings. The molecule has 0 radical (unpaired) electrons. The van der Waals surface area contributed by atoms with Gasteiger partial charge >= 0.3 is 0 Å². The lowest BCUT2D eigenvalue weighted by atomic mass is 10.2. The largest absolute Gasteiger partial charge is 0.374 e. The van der Waals surface area contributed by atoms with Gasteiger partial charge in [-0.3, -0.25) is 0 Å². The summed E-state index contributed by atoms with van der Waals surface area (Å²) in [5.74, 6) is 0. The smallest absolute Gasteiger partial charge is 0.0826 e. The lowest BCUT2D eigenvalue weighted by Gasteiger charge is -2.30. The predicted octanol–water partition coefficient (Wildman–Crippen LogP) is 2.41. The highest BCUT2D eigenvalue weighted by Crippen LogP contribution is 2.18. The summed E-state index contributed by atoms with van der Waals surface area (Å²) in [6.45, 7) is 4.40. The van der Waals surface area contributed by atoms with Crippen molar-refractivity contribution in [2.24, 2.45) is 0 Å². The number of rotatable bonds is 4. The van der Waals surface area contributed by atoms with Gasteiger partial charge in [0.05, 0.1) is 12.7 Å². The SMILES string of the molecule is CN1CCOC(CNCc2cc(Cl)cc(Cl)c2)C1. The average Bonchev–Trinajstić information content (AvgIpc) is 2.27. The van der Waals surface area contributed by atoms with Crippen molar-refractivity contribution in [3.05, 3.63) is 33.8 Å². The van der Waals surface area contributed by atoms with Crippen molar-refractivity contribution >= 4 is 23.2 Å². The zero-order valence-corrected chi connectivity index (χ0v) is 12.0. The third kappa shape index (κ3) is 4.41. The summed E-state index contributed by atoms with van der Waals surface area (Å²) in [6.07, 6.45) is 0.262. The number of hydrogen-bond acceptors (Lipinski definition) is 3. The van der Waals surface area contributed by atoms with E-state index in [0.717, 1.165) is 38.3 Å². The van der Waals surface area contributed by atoms with Crippen molar-refractivity contribution in [3.8, 4) is 0 Å². The first-order valence-electron chi connectivity index (χ1n) is 6.09. The van der Waals surface area contributed by atoms with Crippen LogP contribution in [0.25, 0.3) is 0 Å². The Morgan fingerprint density at radius 1 is 1.33 bits per heavy atom. The zero-order chi connectivity index (χ0) is 13.0. The summed E-state index contributed by atoms with van der Waals surface area (Å²) in [5.41, 5.74) is 1.09. The van der Waals surface area contributed by atoms with Crippen LogP contribution >= 0.6 is 23.2 Å². The van der Waals surface area contributed by atoms with Crippen LogP contribution in [0.4, 0.5) is 0 Å². The van der Waals surface area contributed by atoms with Gasteiger partial charge in [0, 0.05) is 36.2 Å². The summed E-state index contributed by atoms with van der Waals surface area (Å²) in [7, 11) is 2.12. The second-order valence-corrected chi connectivity index (χ2v) is 5.54. The van der Waals surface area contributed by atoms with Crippen LogP contribution in [0.5, 0.6) is 0 Å². The molecule has 100 valence electrons. The van der Waals surface area contributed by atoms with Crippen molar-refractivity contribution in [1.29, 1.82) is 0 Å². The number of benzene rings is 1. The number of morpholine rings is 1. The molecule has 1 atom stereocenters. The van der Waals surface area contributed by atoms with E-state index in [1.165, 1.54) is 0 Å². The predicted molar refractivity (Wildman–Crippen MR) is 75.4 cm³/mol. The minimum atomic E-state index is 0.262. The summed E-state index contributed by atoms with van der Waals surface area (Å²) in [4.78, 5) is 2.28. The van der Waals surface area contributed by atoms with Crippen LogP contribution in [0, 0.1) is 0 Å².